The highest BCUT2D eigenvalue weighted by atomic mass is 32.1. The summed E-state index contributed by atoms with van der Waals surface area (Å²) in [4.78, 5) is 0. The molecule has 0 aliphatic rings. The van der Waals surface area contributed by atoms with Crippen molar-refractivity contribution in [2.24, 2.45) is 0 Å². The molecule has 0 N–H and O–H groups in total. The molecule has 0 saturated carbocycles. The van der Waals surface area contributed by atoms with Crippen LogP contribution in [0.15, 0.2) is 267 Å². The first-order valence-electron chi connectivity index (χ1n) is 26.0. The second-order valence-corrected chi connectivity index (χ2v) is 21.4. The van der Waals surface area contributed by atoms with Crippen molar-refractivity contribution in [1.82, 2.24) is 0 Å². The Morgan fingerprint density at radius 3 is 1.31 bits per heavy atom. The number of benzene rings is 15. The highest BCUT2D eigenvalue weighted by Crippen LogP contribution is 2.46. The number of hydrogen-bond acceptors (Lipinski definition) is 1. The van der Waals surface area contributed by atoms with Gasteiger partial charge in [-0.3, -0.25) is 0 Å². The van der Waals surface area contributed by atoms with Crippen LogP contribution in [-0.4, -0.2) is 0 Å². The minimum Gasteiger partial charge on any atom is -0.135 e. The summed E-state index contributed by atoms with van der Waals surface area (Å²) in [6, 6.07) is 100. The molecule has 0 aliphatic heterocycles. The van der Waals surface area contributed by atoms with Crippen LogP contribution in [0.4, 0.5) is 0 Å². The maximum absolute atomic E-state index is 2.45. The van der Waals surface area contributed by atoms with E-state index < -0.39 is 0 Å². The zero-order valence-corrected chi connectivity index (χ0v) is 41.6. The first-order chi connectivity index (χ1) is 37.2. The Balaban J connectivity index is 0.849. The van der Waals surface area contributed by atoms with Crippen molar-refractivity contribution in [2.45, 2.75) is 0 Å². The standard InChI is InChI=1S/C74H44S/c1-2-13-45(14-3-1)49-15-12-16-50(39-49)65-43-55-33-29-47-28-32-51-40-52(35-37-59(51)71(47)73(55)63-22-8-6-19-60(63)65)66-44-56-34-30-48-27-25-46-26-31-53(41-67(46)72(48)74(56)64-23-9-7-20-61(64)66)57-17-4-5-18-58(57)54-36-38-70-68(42-54)62-21-10-11-24-69(62)75-70/h1-44H. The third-order valence-electron chi connectivity index (χ3n) is 16.2. The Morgan fingerprint density at radius 1 is 0.173 bits per heavy atom. The van der Waals surface area contributed by atoms with Crippen LogP contribution in [0, 0.1) is 0 Å². The first-order valence-corrected chi connectivity index (χ1v) is 26.8. The molecule has 1 heteroatoms. The average molecular weight is 965 g/mol. The van der Waals surface area contributed by atoms with Gasteiger partial charge in [-0.05, 0) is 190 Å². The van der Waals surface area contributed by atoms with Crippen molar-refractivity contribution < 1.29 is 0 Å². The summed E-state index contributed by atoms with van der Waals surface area (Å²) in [6.07, 6.45) is 0. The van der Waals surface area contributed by atoms with Crippen molar-refractivity contribution in [2.75, 3.05) is 0 Å². The Hall–Kier alpha value is -9.40. The van der Waals surface area contributed by atoms with Crippen LogP contribution in [0.25, 0.3) is 162 Å². The van der Waals surface area contributed by atoms with Crippen LogP contribution in [0.3, 0.4) is 0 Å². The monoisotopic (exact) mass is 964 g/mol. The molecular formula is C74H44S. The lowest BCUT2D eigenvalue weighted by atomic mass is 9.86. The molecular weight excluding hydrogens is 921 g/mol. The molecule has 75 heavy (non-hydrogen) atoms. The lowest BCUT2D eigenvalue weighted by Gasteiger charge is -2.17. The van der Waals surface area contributed by atoms with E-state index in [0.717, 1.165) is 0 Å². The third-order valence-corrected chi connectivity index (χ3v) is 17.3. The fourth-order valence-corrected chi connectivity index (χ4v) is 13.8. The maximum Gasteiger partial charge on any atom is 0.0355 e. The molecule has 0 unspecified atom stereocenters. The van der Waals surface area contributed by atoms with Crippen molar-refractivity contribution in [3.05, 3.63) is 267 Å². The van der Waals surface area contributed by atoms with Gasteiger partial charge in [0, 0.05) is 20.2 Å². The molecule has 16 aromatic rings. The Kier molecular flexibility index (Phi) is 9.31. The molecule has 15 aromatic carbocycles. The molecule has 0 bridgehead atoms. The van der Waals surface area contributed by atoms with E-state index in [1.165, 1.54) is 162 Å². The first kappa shape index (κ1) is 42.1. The quantitative estimate of drug-likeness (QED) is 0.151. The summed E-state index contributed by atoms with van der Waals surface area (Å²) < 4.78 is 2.65. The van der Waals surface area contributed by atoms with Crippen molar-refractivity contribution >= 4 is 118 Å². The van der Waals surface area contributed by atoms with Gasteiger partial charge in [0.2, 0.25) is 0 Å². The molecule has 0 radical (unpaired) electrons. The summed E-state index contributed by atoms with van der Waals surface area (Å²) >= 11 is 1.87. The van der Waals surface area contributed by atoms with E-state index in [1.54, 1.807) is 0 Å². The largest absolute Gasteiger partial charge is 0.135 e. The molecule has 0 amide bonds. The Labute approximate surface area is 437 Å². The van der Waals surface area contributed by atoms with E-state index >= 15 is 0 Å². The van der Waals surface area contributed by atoms with Gasteiger partial charge in [-0.15, -0.1) is 11.3 Å². The molecule has 0 aliphatic carbocycles. The molecule has 1 heterocycles. The minimum atomic E-state index is 1.22. The predicted molar refractivity (Wildman–Crippen MR) is 327 cm³/mol. The fraction of sp³-hybridized carbons (Fsp3) is 0. The molecule has 346 valence electrons. The van der Waals surface area contributed by atoms with Crippen LogP contribution in [0.5, 0.6) is 0 Å². The van der Waals surface area contributed by atoms with Crippen LogP contribution in [0.1, 0.15) is 0 Å². The second-order valence-electron chi connectivity index (χ2n) is 20.3. The number of thiophene rings is 1. The van der Waals surface area contributed by atoms with Gasteiger partial charge in [-0.25, -0.2) is 0 Å². The number of fused-ring (bicyclic) bond motifs is 17. The van der Waals surface area contributed by atoms with Crippen molar-refractivity contribution in [1.29, 1.82) is 0 Å². The molecule has 0 saturated heterocycles. The number of hydrogen-bond donors (Lipinski definition) is 0. The van der Waals surface area contributed by atoms with Crippen molar-refractivity contribution in [3.63, 3.8) is 0 Å². The zero-order chi connectivity index (χ0) is 49.1. The van der Waals surface area contributed by atoms with E-state index in [-0.39, 0.29) is 0 Å². The Bertz CT molecular complexity index is 5060. The Morgan fingerprint density at radius 2 is 0.613 bits per heavy atom. The molecule has 0 nitrogen and oxygen atoms in total. The van der Waals surface area contributed by atoms with E-state index in [4.69, 9.17) is 0 Å². The molecule has 16 rings (SSSR count). The summed E-state index contributed by atoms with van der Waals surface area (Å²) in [7, 11) is 0. The van der Waals surface area contributed by atoms with Gasteiger partial charge < -0.3 is 0 Å². The minimum absolute atomic E-state index is 1.22. The average Bonchev–Trinajstić information content (AvgIpc) is 3.89. The van der Waals surface area contributed by atoms with E-state index in [9.17, 15) is 0 Å². The van der Waals surface area contributed by atoms with Crippen LogP contribution in [-0.2, 0) is 0 Å². The smallest absolute Gasteiger partial charge is 0.0355 e. The fourth-order valence-electron chi connectivity index (χ4n) is 12.7. The molecule has 1 aromatic heterocycles. The lowest BCUT2D eigenvalue weighted by molar-refractivity contribution is 1.61. The lowest BCUT2D eigenvalue weighted by Crippen LogP contribution is -1.90. The third kappa shape index (κ3) is 6.62. The topological polar surface area (TPSA) is 0 Å². The number of rotatable bonds is 5. The van der Waals surface area contributed by atoms with Crippen LogP contribution >= 0.6 is 11.3 Å². The maximum atomic E-state index is 2.45. The van der Waals surface area contributed by atoms with E-state index in [0.29, 0.717) is 0 Å². The van der Waals surface area contributed by atoms with Crippen molar-refractivity contribution in [3.8, 4) is 55.6 Å². The summed E-state index contributed by atoms with van der Waals surface area (Å²) in [5, 5.41) is 22.9. The molecule has 0 atom stereocenters. The van der Waals surface area contributed by atoms with Crippen LogP contribution < -0.4 is 0 Å². The van der Waals surface area contributed by atoms with Gasteiger partial charge in [0.15, 0.2) is 0 Å². The van der Waals surface area contributed by atoms with Gasteiger partial charge in [0.1, 0.15) is 0 Å². The van der Waals surface area contributed by atoms with E-state index in [1.807, 2.05) is 11.3 Å². The summed E-state index contributed by atoms with van der Waals surface area (Å²) in [5.41, 5.74) is 12.3. The van der Waals surface area contributed by atoms with Gasteiger partial charge in [0.05, 0.1) is 0 Å². The van der Waals surface area contributed by atoms with Gasteiger partial charge in [0.25, 0.3) is 0 Å². The van der Waals surface area contributed by atoms with E-state index in [2.05, 4.69) is 267 Å². The highest BCUT2D eigenvalue weighted by molar-refractivity contribution is 7.25. The predicted octanol–water partition coefficient (Wildman–Crippen LogP) is 21.6. The van der Waals surface area contributed by atoms with Crippen LogP contribution in [0.2, 0.25) is 0 Å². The highest BCUT2D eigenvalue weighted by Gasteiger charge is 2.18. The zero-order valence-electron chi connectivity index (χ0n) is 40.8. The second kappa shape index (κ2) is 16.6. The SMILES string of the molecule is c1ccc(-c2cccc(-c3cc4ccc5ccc6cc(-c7cc8ccc9ccc%10ccc(-c%11ccccc%11-c%11ccc%12sc%13ccccc%13c%12c%11)cc%10c9c8c8ccccc78)ccc6c5c4c4ccccc34)c2)cc1. The van der Waals surface area contributed by atoms with Gasteiger partial charge >= 0.3 is 0 Å². The summed E-state index contributed by atoms with van der Waals surface area (Å²) in [5.74, 6) is 0. The molecule has 0 fully saturated rings. The molecule has 0 spiro atoms. The van der Waals surface area contributed by atoms with Gasteiger partial charge in [-0.2, -0.15) is 0 Å². The van der Waals surface area contributed by atoms with Gasteiger partial charge in [-0.1, -0.05) is 218 Å². The summed E-state index contributed by atoms with van der Waals surface area (Å²) in [6.45, 7) is 0. The normalized spacial score (nSPS) is 12.0.